The first kappa shape index (κ1) is 27.8. The molecule has 38 heavy (non-hydrogen) atoms. The molecule has 3 atom stereocenters. The maximum Gasteiger partial charge on any atom is 0.251 e. The first-order chi connectivity index (χ1) is 18.3. The SMILES string of the molecule is CC(C)CC(NC(=O)[C@@H]1CCCC[C@@H]1NC(=O)c1ccccc1)C(=O)CN1CCN(C)c2ccccc2C1. The number of likely N-dealkylation sites (N-methyl/N-ethyl adjacent to an activating group) is 1. The van der Waals surface area contributed by atoms with E-state index in [1.54, 1.807) is 12.1 Å². The summed E-state index contributed by atoms with van der Waals surface area (Å²) in [5.41, 5.74) is 3.01. The molecule has 7 nitrogen and oxygen atoms in total. The number of ketones is 1. The summed E-state index contributed by atoms with van der Waals surface area (Å²) >= 11 is 0. The van der Waals surface area contributed by atoms with Crippen LogP contribution in [0, 0.1) is 11.8 Å². The lowest BCUT2D eigenvalue weighted by Gasteiger charge is -2.33. The largest absolute Gasteiger partial charge is 0.373 e. The van der Waals surface area contributed by atoms with Gasteiger partial charge in [0.1, 0.15) is 0 Å². The first-order valence-electron chi connectivity index (χ1n) is 14.0. The zero-order valence-corrected chi connectivity index (χ0v) is 23.0. The predicted octanol–water partition coefficient (Wildman–Crippen LogP) is 4.03. The highest BCUT2D eigenvalue weighted by molar-refractivity contribution is 5.95. The van der Waals surface area contributed by atoms with Crippen molar-refractivity contribution >= 4 is 23.3 Å². The fraction of sp³-hybridized carbons (Fsp3) is 0.516. The zero-order valence-electron chi connectivity index (χ0n) is 23.0. The minimum absolute atomic E-state index is 0.0507. The summed E-state index contributed by atoms with van der Waals surface area (Å²) in [6.45, 7) is 6.80. The molecule has 2 aromatic rings. The maximum atomic E-state index is 13.6. The van der Waals surface area contributed by atoms with Crippen molar-refractivity contribution in [1.82, 2.24) is 15.5 Å². The Morgan fingerprint density at radius 2 is 1.66 bits per heavy atom. The molecule has 7 heteroatoms. The van der Waals surface area contributed by atoms with Gasteiger partial charge >= 0.3 is 0 Å². The molecule has 0 aromatic heterocycles. The second-order valence-electron chi connectivity index (χ2n) is 11.3. The maximum absolute atomic E-state index is 13.6. The van der Waals surface area contributed by atoms with Crippen molar-refractivity contribution < 1.29 is 14.4 Å². The summed E-state index contributed by atoms with van der Waals surface area (Å²) in [4.78, 5) is 44.4. The highest BCUT2D eigenvalue weighted by atomic mass is 16.2. The number of para-hydroxylation sites is 1. The van der Waals surface area contributed by atoms with Crippen LogP contribution in [0.5, 0.6) is 0 Å². The Hall–Kier alpha value is -3.19. The van der Waals surface area contributed by atoms with Gasteiger partial charge in [-0.25, -0.2) is 0 Å². The summed E-state index contributed by atoms with van der Waals surface area (Å²) in [6, 6.07) is 16.7. The first-order valence-corrected chi connectivity index (χ1v) is 14.0. The van der Waals surface area contributed by atoms with Gasteiger partial charge in [0.05, 0.1) is 18.5 Å². The molecule has 1 fully saturated rings. The third-order valence-corrected chi connectivity index (χ3v) is 7.80. The number of carbonyl (C=O) groups is 3. The number of fused-ring (bicyclic) bond motifs is 1. The van der Waals surface area contributed by atoms with Gasteiger partial charge in [0.2, 0.25) is 5.91 Å². The Bertz CT molecular complexity index is 1100. The number of rotatable bonds is 9. The van der Waals surface area contributed by atoms with Gasteiger partial charge in [-0.1, -0.05) is 63.1 Å². The molecule has 1 aliphatic heterocycles. The average Bonchev–Trinajstić information content (AvgIpc) is 3.07. The van der Waals surface area contributed by atoms with Crippen LogP contribution in [0.25, 0.3) is 0 Å². The average molecular weight is 519 g/mol. The van der Waals surface area contributed by atoms with Crippen molar-refractivity contribution in [1.29, 1.82) is 0 Å². The number of Topliss-reactive ketones (excluding diaryl/α,β-unsaturated/α-hetero) is 1. The van der Waals surface area contributed by atoms with Crippen LogP contribution in [0.4, 0.5) is 5.69 Å². The number of nitrogens with one attached hydrogen (secondary N) is 2. The van der Waals surface area contributed by atoms with Gasteiger partial charge in [-0.3, -0.25) is 19.3 Å². The van der Waals surface area contributed by atoms with E-state index in [0.717, 1.165) is 32.4 Å². The summed E-state index contributed by atoms with van der Waals surface area (Å²) < 4.78 is 0. The molecule has 0 bridgehead atoms. The molecule has 0 radical (unpaired) electrons. The van der Waals surface area contributed by atoms with E-state index >= 15 is 0 Å². The van der Waals surface area contributed by atoms with Crippen molar-refractivity contribution in [3.05, 3.63) is 65.7 Å². The molecule has 1 saturated carbocycles. The quantitative estimate of drug-likeness (QED) is 0.524. The molecule has 2 amide bonds. The minimum atomic E-state index is -0.536. The molecule has 0 spiro atoms. The number of nitrogens with zero attached hydrogens (tertiary/aromatic N) is 2. The monoisotopic (exact) mass is 518 g/mol. The van der Waals surface area contributed by atoms with E-state index < -0.39 is 6.04 Å². The van der Waals surface area contributed by atoms with Crippen LogP contribution in [0.2, 0.25) is 0 Å². The molecule has 2 N–H and O–H groups in total. The van der Waals surface area contributed by atoms with Crippen LogP contribution in [0.1, 0.15) is 61.9 Å². The van der Waals surface area contributed by atoms with E-state index in [2.05, 4.69) is 53.5 Å². The van der Waals surface area contributed by atoms with Crippen LogP contribution in [-0.2, 0) is 16.1 Å². The van der Waals surface area contributed by atoms with Gasteiger partial charge in [0, 0.05) is 44.0 Å². The molecule has 0 saturated heterocycles. The Morgan fingerprint density at radius 3 is 2.42 bits per heavy atom. The lowest BCUT2D eigenvalue weighted by atomic mass is 9.83. The van der Waals surface area contributed by atoms with Crippen LogP contribution < -0.4 is 15.5 Å². The molecule has 204 valence electrons. The van der Waals surface area contributed by atoms with E-state index in [-0.39, 0.29) is 35.5 Å². The number of hydrogen-bond acceptors (Lipinski definition) is 5. The third kappa shape index (κ3) is 7.22. The zero-order chi connectivity index (χ0) is 27.1. The summed E-state index contributed by atoms with van der Waals surface area (Å²) in [6.07, 6.45) is 3.99. The van der Waals surface area contributed by atoms with Gasteiger partial charge in [0.15, 0.2) is 5.78 Å². The van der Waals surface area contributed by atoms with E-state index in [1.807, 2.05) is 30.3 Å². The lowest BCUT2D eigenvalue weighted by Crippen LogP contribution is -2.53. The fourth-order valence-electron chi connectivity index (χ4n) is 5.69. The lowest BCUT2D eigenvalue weighted by molar-refractivity contribution is -0.132. The van der Waals surface area contributed by atoms with Gasteiger partial charge in [-0.05, 0) is 48.9 Å². The van der Waals surface area contributed by atoms with Crippen LogP contribution >= 0.6 is 0 Å². The van der Waals surface area contributed by atoms with Gasteiger partial charge in [-0.15, -0.1) is 0 Å². The minimum Gasteiger partial charge on any atom is -0.373 e. The van der Waals surface area contributed by atoms with Crippen molar-refractivity contribution in [3.63, 3.8) is 0 Å². The van der Waals surface area contributed by atoms with E-state index in [9.17, 15) is 14.4 Å². The second kappa shape index (κ2) is 13.1. The van der Waals surface area contributed by atoms with Crippen LogP contribution in [0.15, 0.2) is 54.6 Å². The highest BCUT2D eigenvalue weighted by Crippen LogP contribution is 2.26. The Kier molecular flexibility index (Phi) is 9.56. The second-order valence-corrected chi connectivity index (χ2v) is 11.3. The van der Waals surface area contributed by atoms with Crippen LogP contribution in [0.3, 0.4) is 0 Å². The summed E-state index contributed by atoms with van der Waals surface area (Å²) in [7, 11) is 2.09. The molecule has 2 aliphatic rings. The standard InChI is InChI=1S/C31H42N4O3/c1-22(2)19-27(29(36)21-35-18-17-34(3)28-16-10-7-13-24(28)20-35)33-31(38)25-14-8-9-15-26(25)32-30(37)23-11-5-4-6-12-23/h4-7,10-13,16,22,25-27H,8-9,14-15,17-21H2,1-3H3,(H,32,37)(H,33,38)/t25-,26+,27?/m1/s1. The van der Waals surface area contributed by atoms with Crippen molar-refractivity contribution in [2.75, 3.05) is 31.6 Å². The number of amides is 2. The molecular weight excluding hydrogens is 476 g/mol. The smallest absolute Gasteiger partial charge is 0.251 e. The topological polar surface area (TPSA) is 81.8 Å². The molecule has 1 heterocycles. The molecule has 1 unspecified atom stereocenters. The Labute approximate surface area is 227 Å². The van der Waals surface area contributed by atoms with Gasteiger partial charge in [-0.2, -0.15) is 0 Å². The van der Waals surface area contributed by atoms with E-state index in [0.29, 0.717) is 31.5 Å². The summed E-state index contributed by atoms with van der Waals surface area (Å²) in [5, 5.41) is 6.22. The van der Waals surface area contributed by atoms with E-state index in [1.165, 1.54) is 11.3 Å². The predicted molar refractivity (Wildman–Crippen MR) is 151 cm³/mol. The number of benzene rings is 2. The number of anilines is 1. The third-order valence-electron chi connectivity index (χ3n) is 7.80. The normalized spacial score (nSPS) is 20.8. The molecule has 1 aliphatic carbocycles. The Morgan fingerprint density at radius 1 is 0.947 bits per heavy atom. The highest BCUT2D eigenvalue weighted by Gasteiger charge is 2.35. The van der Waals surface area contributed by atoms with Crippen LogP contribution in [-0.4, -0.2) is 61.3 Å². The van der Waals surface area contributed by atoms with Crippen molar-refractivity contribution in [2.45, 2.75) is 64.6 Å². The molecule has 4 rings (SSSR count). The Balaban J connectivity index is 1.41. The molecule has 2 aromatic carbocycles. The van der Waals surface area contributed by atoms with Crippen molar-refractivity contribution in [2.24, 2.45) is 11.8 Å². The summed E-state index contributed by atoms with van der Waals surface area (Å²) in [5.74, 6) is -0.299. The van der Waals surface area contributed by atoms with Gasteiger partial charge < -0.3 is 15.5 Å². The number of hydrogen-bond donors (Lipinski definition) is 2. The van der Waals surface area contributed by atoms with Gasteiger partial charge in [0.25, 0.3) is 5.91 Å². The number of carbonyl (C=O) groups excluding carboxylic acids is 3. The fourth-order valence-corrected chi connectivity index (χ4v) is 5.69. The van der Waals surface area contributed by atoms with E-state index in [4.69, 9.17) is 0 Å². The molecular formula is C31H42N4O3. The van der Waals surface area contributed by atoms with Crippen molar-refractivity contribution in [3.8, 4) is 0 Å².